The fraction of sp³-hybridized carbons (Fsp3) is 0.500. The average Bonchev–Trinajstić information content (AvgIpc) is 2.64. The molecule has 0 bridgehead atoms. The summed E-state index contributed by atoms with van der Waals surface area (Å²) in [6.45, 7) is 3.99. The Kier molecular flexibility index (Phi) is 3.08. The van der Waals surface area contributed by atoms with Crippen LogP contribution in [-0.4, -0.2) is 5.78 Å². The van der Waals surface area contributed by atoms with Crippen LogP contribution in [0.1, 0.15) is 42.1 Å². The van der Waals surface area contributed by atoms with Crippen molar-refractivity contribution in [2.24, 2.45) is 11.8 Å². The molecule has 1 aliphatic rings. The van der Waals surface area contributed by atoms with Crippen LogP contribution in [0.4, 0.5) is 4.39 Å². The van der Waals surface area contributed by atoms with Crippen LogP contribution in [0.25, 0.3) is 0 Å². The van der Waals surface area contributed by atoms with Crippen molar-refractivity contribution < 1.29 is 9.18 Å². The predicted octanol–water partition coefficient (Wildman–Crippen LogP) is 3.75. The Morgan fingerprint density at radius 1 is 1.38 bits per heavy atom. The van der Waals surface area contributed by atoms with Gasteiger partial charge < -0.3 is 0 Å². The lowest BCUT2D eigenvalue weighted by atomic mass is 9.93. The monoisotopic (exact) mass is 220 g/mol. The maximum atomic E-state index is 12.9. The third-order valence-electron chi connectivity index (χ3n) is 3.52. The Labute approximate surface area is 95.7 Å². The molecule has 1 aromatic rings. The molecule has 1 aliphatic carbocycles. The zero-order valence-electron chi connectivity index (χ0n) is 9.79. The number of hydrogen-bond acceptors (Lipinski definition) is 1. The minimum Gasteiger partial charge on any atom is -0.294 e. The minimum atomic E-state index is -0.270. The van der Waals surface area contributed by atoms with Crippen LogP contribution in [0, 0.1) is 24.6 Å². The lowest BCUT2D eigenvalue weighted by Gasteiger charge is -2.10. The Balaban J connectivity index is 2.21. The highest BCUT2D eigenvalue weighted by Gasteiger charge is 2.28. The third kappa shape index (κ3) is 2.16. The zero-order chi connectivity index (χ0) is 11.7. The molecule has 0 radical (unpaired) electrons. The summed E-state index contributed by atoms with van der Waals surface area (Å²) in [5.74, 6) is 0.726. The first-order valence-electron chi connectivity index (χ1n) is 5.88. The predicted molar refractivity (Wildman–Crippen MR) is 62.0 cm³/mol. The van der Waals surface area contributed by atoms with Crippen LogP contribution in [0.15, 0.2) is 18.2 Å². The standard InChI is InChI=1S/C14H17FO/c1-9-3-4-11(7-9)14(16)13-6-5-12(15)8-10(13)2/h5-6,8-9,11H,3-4,7H2,1-2H3. The van der Waals surface area contributed by atoms with Crippen LogP contribution in [0.2, 0.25) is 0 Å². The highest BCUT2D eigenvalue weighted by Crippen LogP contribution is 2.33. The fourth-order valence-corrected chi connectivity index (χ4v) is 2.57. The van der Waals surface area contributed by atoms with Gasteiger partial charge in [-0.3, -0.25) is 4.79 Å². The molecule has 0 heterocycles. The van der Waals surface area contributed by atoms with Crippen LogP contribution in [0.3, 0.4) is 0 Å². The summed E-state index contributed by atoms with van der Waals surface area (Å²) in [6, 6.07) is 4.43. The van der Waals surface area contributed by atoms with E-state index in [9.17, 15) is 9.18 Å². The molecule has 2 atom stereocenters. The molecular weight excluding hydrogens is 203 g/mol. The normalized spacial score (nSPS) is 24.7. The van der Waals surface area contributed by atoms with Gasteiger partial charge in [-0.15, -0.1) is 0 Å². The maximum absolute atomic E-state index is 12.9. The van der Waals surface area contributed by atoms with Crippen molar-refractivity contribution in [1.29, 1.82) is 0 Å². The zero-order valence-corrected chi connectivity index (χ0v) is 9.79. The molecule has 0 aromatic heterocycles. The van der Waals surface area contributed by atoms with Gasteiger partial charge in [0.15, 0.2) is 5.78 Å². The number of aryl methyl sites for hydroxylation is 1. The molecule has 0 aliphatic heterocycles. The van der Waals surface area contributed by atoms with Crippen molar-refractivity contribution >= 4 is 5.78 Å². The number of rotatable bonds is 2. The summed E-state index contributed by atoms with van der Waals surface area (Å²) in [5.41, 5.74) is 1.45. The molecule has 0 saturated heterocycles. The van der Waals surface area contributed by atoms with E-state index in [0.29, 0.717) is 11.5 Å². The van der Waals surface area contributed by atoms with Gasteiger partial charge in [-0.2, -0.15) is 0 Å². The third-order valence-corrected chi connectivity index (χ3v) is 3.52. The topological polar surface area (TPSA) is 17.1 Å². The summed E-state index contributed by atoms with van der Waals surface area (Å²) in [6.07, 6.45) is 3.10. The van der Waals surface area contributed by atoms with E-state index in [1.165, 1.54) is 12.1 Å². The van der Waals surface area contributed by atoms with Crippen LogP contribution >= 0.6 is 0 Å². The van der Waals surface area contributed by atoms with Gasteiger partial charge in [0.25, 0.3) is 0 Å². The average molecular weight is 220 g/mol. The summed E-state index contributed by atoms with van der Waals surface area (Å²) < 4.78 is 12.9. The second kappa shape index (κ2) is 4.36. The number of carbonyl (C=O) groups is 1. The highest BCUT2D eigenvalue weighted by atomic mass is 19.1. The second-order valence-electron chi connectivity index (χ2n) is 4.94. The van der Waals surface area contributed by atoms with Gasteiger partial charge in [0.1, 0.15) is 5.82 Å². The maximum Gasteiger partial charge on any atom is 0.166 e. The highest BCUT2D eigenvalue weighted by molar-refractivity contribution is 5.99. The van der Waals surface area contributed by atoms with Gasteiger partial charge in [0.2, 0.25) is 0 Å². The first kappa shape index (κ1) is 11.3. The molecule has 1 aromatic carbocycles. The summed E-state index contributed by atoms with van der Waals surface area (Å²) in [4.78, 5) is 12.2. The van der Waals surface area contributed by atoms with E-state index in [0.717, 1.165) is 24.8 Å². The molecule has 0 spiro atoms. The van der Waals surface area contributed by atoms with Crippen LogP contribution < -0.4 is 0 Å². The van der Waals surface area contributed by atoms with E-state index in [-0.39, 0.29) is 17.5 Å². The van der Waals surface area contributed by atoms with Crippen molar-refractivity contribution in [3.63, 3.8) is 0 Å². The molecule has 1 nitrogen and oxygen atoms in total. The molecule has 1 fully saturated rings. The molecule has 0 N–H and O–H groups in total. The van der Waals surface area contributed by atoms with Gasteiger partial charge in [-0.05, 0) is 55.9 Å². The molecule has 0 amide bonds. The number of hydrogen-bond donors (Lipinski definition) is 0. The van der Waals surface area contributed by atoms with E-state index in [2.05, 4.69) is 6.92 Å². The second-order valence-corrected chi connectivity index (χ2v) is 4.94. The van der Waals surface area contributed by atoms with Gasteiger partial charge in [0, 0.05) is 11.5 Å². The molecule has 2 heteroatoms. The first-order chi connectivity index (χ1) is 7.58. The fourth-order valence-electron chi connectivity index (χ4n) is 2.57. The molecule has 1 saturated carbocycles. The Hall–Kier alpha value is -1.18. The molecule has 2 rings (SSSR count). The van der Waals surface area contributed by atoms with E-state index in [1.807, 2.05) is 0 Å². The van der Waals surface area contributed by atoms with Crippen molar-refractivity contribution in [3.8, 4) is 0 Å². The van der Waals surface area contributed by atoms with Gasteiger partial charge in [-0.1, -0.05) is 6.92 Å². The number of ketones is 1. The Morgan fingerprint density at radius 3 is 2.69 bits per heavy atom. The molecule has 16 heavy (non-hydrogen) atoms. The summed E-state index contributed by atoms with van der Waals surface area (Å²) in [5, 5.41) is 0. The van der Waals surface area contributed by atoms with E-state index in [1.54, 1.807) is 13.0 Å². The van der Waals surface area contributed by atoms with Gasteiger partial charge in [0.05, 0.1) is 0 Å². The van der Waals surface area contributed by atoms with Crippen molar-refractivity contribution in [3.05, 3.63) is 35.1 Å². The molecular formula is C14H17FO. The summed E-state index contributed by atoms with van der Waals surface area (Å²) in [7, 11) is 0. The number of carbonyl (C=O) groups excluding carboxylic acids is 1. The molecule has 2 unspecified atom stereocenters. The quantitative estimate of drug-likeness (QED) is 0.694. The molecule has 86 valence electrons. The number of Topliss-reactive ketones (excluding diaryl/α,β-unsaturated/α-hetero) is 1. The Morgan fingerprint density at radius 2 is 2.12 bits per heavy atom. The first-order valence-corrected chi connectivity index (χ1v) is 5.88. The van der Waals surface area contributed by atoms with Crippen molar-refractivity contribution in [1.82, 2.24) is 0 Å². The SMILES string of the molecule is Cc1cc(F)ccc1C(=O)C1CCC(C)C1. The van der Waals surface area contributed by atoms with Crippen molar-refractivity contribution in [2.45, 2.75) is 33.1 Å². The van der Waals surface area contributed by atoms with E-state index < -0.39 is 0 Å². The largest absolute Gasteiger partial charge is 0.294 e. The van der Waals surface area contributed by atoms with Gasteiger partial charge >= 0.3 is 0 Å². The van der Waals surface area contributed by atoms with Crippen molar-refractivity contribution in [2.75, 3.05) is 0 Å². The lowest BCUT2D eigenvalue weighted by molar-refractivity contribution is 0.0920. The number of benzene rings is 1. The smallest absolute Gasteiger partial charge is 0.166 e. The van der Waals surface area contributed by atoms with Crippen LogP contribution in [-0.2, 0) is 0 Å². The van der Waals surface area contributed by atoms with E-state index >= 15 is 0 Å². The lowest BCUT2D eigenvalue weighted by Crippen LogP contribution is -2.13. The Bertz CT molecular complexity index is 411. The summed E-state index contributed by atoms with van der Waals surface area (Å²) >= 11 is 0. The minimum absolute atomic E-state index is 0.152. The van der Waals surface area contributed by atoms with Gasteiger partial charge in [-0.25, -0.2) is 4.39 Å². The van der Waals surface area contributed by atoms with E-state index in [4.69, 9.17) is 0 Å². The van der Waals surface area contributed by atoms with Crippen LogP contribution in [0.5, 0.6) is 0 Å². The number of halogens is 1.